The van der Waals surface area contributed by atoms with E-state index in [4.69, 9.17) is 4.74 Å². The number of para-hydroxylation sites is 1. The highest BCUT2D eigenvalue weighted by atomic mass is 19.1. The molecule has 0 bridgehead atoms. The fourth-order valence-corrected chi connectivity index (χ4v) is 2.53. The monoisotopic (exact) mass is 269 g/mol. The van der Waals surface area contributed by atoms with Gasteiger partial charge in [-0.05, 0) is 19.9 Å². The van der Waals surface area contributed by atoms with Crippen LogP contribution in [0.1, 0.15) is 25.5 Å². The van der Waals surface area contributed by atoms with Gasteiger partial charge >= 0.3 is 0 Å². The van der Waals surface area contributed by atoms with Crippen LogP contribution in [-0.2, 0) is 4.74 Å². The molecular weight excluding hydrogens is 249 g/mol. The first-order valence-corrected chi connectivity index (χ1v) is 6.50. The van der Waals surface area contributed by atoms with Crippen molar-refractivity contribution in [2.45, 2.75) is 32.2 Å². The number of rotatable bonds is 3. The van der Waals surface area contributed by atoms with Crippen molar-refractivity contribution in [1.82, 2.24) is 0 Å². The molecule has 0 aliphatic carbocycles. The number of nitrogens with zero attached hydrogens (tertiary/aromatic N) is 1. The number of ether oxygens (including phenoxy) is 1. The molecule has 0 spiro atoms. The molecular formula is C14H20FNO3. The van der Waals surface area contributed by atoms with E-state index < -0.39 is 6.10 Å². The van der Waals surface area contributed by atoms with Crippen LogP contribution in [0, 0.1) is 5.82 Å². The molecule has 4 nitrogen and oxygen atoms in total. The van der Waals surface area contributed by atoms with Crippen molar-refractivity contribution in [3.63, 3.8) is 0 Å². The Morgan fingerprint density at radius 1 is 1.47 bits per heavy atom. The highest BCUT2D eigenvalue weighted by Gasteiger charge is 2.28. The summed E-state index contributed by atoms with van der Waals surface area (Å²) in [5.41, 5.74) is 0.969. The molecule has 3 atom stereocenters. The van der Waals surface area contributed by atoms with Crippen LogP contribution in [-0.4, -0.2) is 42.1 Å². The lowest BCUT2D eigenvalue weighted by Gasteiger charge is -2.38. The van der Waals surface area contributed by atoms with E-state index >= 15 is 0 Å². The maximum Gasteiger partial charge on any atom is 0.146 e. The van der Waals surface area contributed by atoms with E-state index in [0.29, 0.717) is 24.3 Å². The van der Waals surface area contributed by atoms with Gasteiger partial charge in [-0.25, -0.2) is 4.39 Å². The predicted octanol–water partition coefficient (Wildman–Crippen LogP) is 1.46. The maximum atomic E-state index is 14.1. The smallest absolute Gasteiger partial charge is 0.146 e. The van der Waals surface area contributed by atoms with E-state index in [1.165, 1.54) is 6.07 Å². The fraction of sp³-hybridized carbons (Fsp3) is 0.571. The van der Waals surface area contributed by atoms with Gasteiger partial charge < -0.3 is 19.8 Å². The quantitative estimate of drug-likeness (QED) is 0.872. The van der Waals surface area contributed by atoms with Crippen molar-refractivity contribution in [1.29, 1.82) is 0 Å². The zero-order chi connectivity index (χ0) is 14.0. The molecule has 1 aliphatic rings. The van der Waals surface area contributed by atoms with Crippen LogP contribution >= 0.6 is 0 Å². The fourth-order valence-electron chi connectivity index (χ4n) is 2.53. The van der Waals surface area contributed by atoms with E-state index in [2.05, 4.69) is 0 Å². The SMILES string of the molecule is CC1CN(c2c(F)cccc2C(C)O)CC(CO)O1. The van der Waals surface area contributed by atoms with Crippen LogP contribution in [0.2, 0.25) is 0 Å². The third-order valence-electron chi connectivity index (χ3n) is 3.31. The number of aliphatic hydroxyl groups is 2. The second kappa shape index (κ2) is 5.86. The number of benzene rings is 1. The van der Waals surface area contributed by atoms with Gasteiger partial charge in [-0.3, -0.25) is 0 Å². The van der Waals surface area contributed by atoms with Crippen molar-refractivity contribution in [3.8, 4) is 0 Å². The first-order valence-electron chi connectivity index (χ1n) is 6.50. The highest BCUT2D eigenvalue weighted by Crippen LogP contribution is 2.31. The Balaban J connectivity index is 2.35. The lowest BCUT2D eigenvalue weighted by Crippen LogP contribution is -2.48. The van der Waals surface area contributed by atoms with E-state index in [0.717, 1.165) is 0 Å². The van der Waals surface area contributed by atoms with Crippen LogP contribution in [0.15, 0.2) is 18.2 Å². The van der Waals surface area contributed by atoms with Crippen LogP contribution in [0.25, 0.3) is 0 Å². The Morgan fingerprint density at radius 2 is 2.21 bits per heavy atom. The van der Waals surface area contributed by atoms with Crippen molar-refractivity contribution in [3.05, 3.63) is 29.6 Å². The van der Waals surface area contributed by atoms with Crippen LogP contribution in [0.3, 0.4) is 0 Å². The molecule has 5 heteroatoms. The Bertz CT molecular complexity index is 439. The Kier molecular flexibility index (Phi) is 4.39. The number of aliphatic hydroxyl groups excluding tert-OH is 2. The van der Waals surface area contributed by atoms with Crippen molar-refractivity contribution in [2.75, 3.05) is 24.6 Å². The van der Waals surface area contributed by atoms with Crippen molar-refractivity contribution < 1.29 is 19.3 Å². The molecule has 106 valence electrons. The summed E-state index contributed by atoms with van der Waals surface area (Å²) in [6, 6.07) is 4.70. The normalized spacial score (nSPS) is 25.4. The first-order chi connectivity index (χ1) is 9.02. The summed E-state index contributed by atoms with van der Waals surface area (Å²) in [5, 5.41) is 19.0. The predicted molar refractivity (Wildman–Crippen MR) is 70.7 cm³/mol. The van der Waals surface area contributed by atoms with Gasteiger partial charge in [-0.2, -0.15) is 0 Å². The molecule has 1 aromatic rings. The molecule has 2 rings (SSSR count). The minimum Gasteiger partial charge on any atom is -0.394 e. The average molecular weight is 269 g/mol. The summed E-state index contributed by atoms with van der Waals surface area (Å²) in [6.07, 6.45) is -1.16. The van der Waals surface area contributed by atoms with Gasteiger partial charge in [-0.1, -0.05) is 12.1 Å². The Hall–Kier alpha value is -1.17. The largest absolute Gasteiger partial charge is 0.394 e. The van der Waals surface area contributed by atoms with Gasteiger partial charge in [0.05, 0.1) is 30.6 Å². The van der Waals surface area contributed by atoms with Gasteiger partial charge in [0.25, 0.3) is 0 Å². The van der Waals surface area contributed by atoms with Crippen molar-refractivity contribution >= 4 is 5.69 Å². The number of hydrogen-bond donors (Lipinski definition) is 2. The van der Waals surface area contributed by atoms with Gasteiger partial charge in [0, 0.05) is 18.7 Å². The molecule has 0 radical (unpaired) electrons. The lowest BCUT2D eigenvalue weighted by molar-refractivity contribution is -0.0423. The average Bonchev–Trinajstić information content (AvgIpc) is 2.37. The lowest BCUT2D eigenvalue weighted by atomic mass is 10.0. The summed E-state index contributed by atoms with van der Waals surface area (Å²) < 4.78 is 19.6. The molecule has 2 N–H and O–H groups in total. The Morgan fingerprint density at radius 3 is 2.84 bits per heavy atom. The van der Waals surface area contributed by atoms with Gasteiger partial charge in [-0.15, -0.1) is 0 Å². The summed E-state index contributed by atoms with van der Waals surface area (Å²) in [7, 11) is 0. The van der Waals surface area contributed by atoms with Gasteiger partial charge in [0.15, 0.2) is 0 Å². The van der Waals surface area contributed by atoms with Crippen LogP contribution < -0.4 is 4.90 Å². The minimum atomic E-state index is -0.739. The second-order valence-corrected chi connectivity index (χ2v) is 5.01. The standard InChI is InChI=1S/C14H20FNO3/c1-9-6-16(7-11(8-17)19-9)14-12(10(2)18)4-3-5-13(14)15/h3-5,9-11,17-18H,6-8H2,1-2H3. The molecule has 1 saturated heterocycles. The molecule has 1 fully saturated rings. The summed E-state index contributed by atoms with van der Waals surface area (Å²) in [4.78, 5) is 1.84. The van der Waals surface area contributed by atoms with E-state index in [-0.39, 0.29) is 24.6 Å². The summed E-state index contributed by atoms with van der Waals surface area (Å²) >= 11 is 0. The zero-order valence-corrected chi connectivity index (χ0v) is 11.2. The number of hydrogen-bond acceptors (Lipinski definition) is 4. The number of morpholine rings is 1. The number of halogens is 1. The molecule has 3 unspecified atom stereocenters. The molecule has 0 amide bonds. The van der Waals surface area contributed by atoms with Gasteiger partial charge in [0.1, 0.15) is 5.82 Å². The third-order valence-corrected chi connectivity index (χ3v) is 3.31. The van der Waals surface area contributed by atoms with Crippen LogP contribution in [0.5, 0.6) is 0 Å². The van der Waals surface area contributed by atoms with E-state index in [9.17, 15) is 14.6 Å². The summed E-state index contributed by atoms with van der Waals surface area (Å²) in [5.74, 6) is -0.357. The maximum absolute atomic E-state index is 14.1. The third kappa shape index (κ3) is 3.05. The highest BCUT2D eigenvalue weighted by molar-refractivity contribution is 5.56. The van der Waals surface area contributed by atoms with E-state index in [1.807, 2.05) is 11.8 Å². The molecule has 0 aromatic heterocycles. The minimum absolute atomic E-state index is 0.0904. The van der Waals surface area contributed by atoms with E-state index in [1.54, 1.807) is 19.1 Å². The topological polar surface area (TPSA) is 52.9 Å². The van der Waals surface area contributed by atoms with Crippen molar-refractivity contribution in [2.24, 2.45) is 0 Å². The van der Waals surface area contributed by atoms with Gasteiger partial charge in [0.2, 0.25) is 0 Å². The first kappa shape index (κ1) is 14.2. The molecule has 1 aromatic carbocycles. The Labute approximate surface area is 112 Å². The second-order valence-electron chi connectivity index (χ2n) is 5.01. The molecule has 0 saturated carbocycles. The number of anilines is 1. The van der Waals surface area contributed by atoms with Crippen LogP contribution in [0.4, 0.5) is 10.1 Å². The molecule has 1 heterocycles. The molecule has 19 heavy (non-hydrogen) atoms. The zero-order valence-electron chi connectivity index (χ0n) is 11.2. The summed E-state index contributed by atoms with van der Waals surface area (Å²) in [6.45, 7) is 4.36. The molecule has 1 aliphatic heterocycles.